The first-order chi connectivity index (χ1) is 10.3. The maximum Gasteiger partial charge on any atom is 0.136 e. The molecule has 1 saturated carbocycles. The average molecular weight is 294 g/mol. The second-order valence-electron chi connectivity index (χ2n) is 5.31. The molecule has 1 aromatic heterocycles. The van der Waals surface area contributed by atoms with Crippen LogP contribution in [-0.4, -0.2) is 48.0 Å². The number of rotatable bonds is 11. The van der Waals surface area contributed by atoms with Crippen LogP contribution >= 0.6 is 0 Å². The molecule has 21 heavy (non-hydrogen) atoms. The highest BCUT2D eigenvalue weighted by molar-refractivity contribution is 5.48. The minimum absolute atomic E-state index is 0.0799. The van der Waals surface area contributed by atoms with Gasteiger partial charge >= 0.3 is 0 Å². The molecule has 1 aliphatic carbocycles. The number of nitrogens with zero attached hydrogens (tertiary/aromatic N) is 2. The summed E-state index contributed by atoms with van der Waals surface area (Å²) in [6.45, 7) is 5.01. The number of hydrogen-bond acceptors (Lipinski definition) is 6. The maximum atomic E-state index is 8.63. The molecule has 0 amide bonds. The lowest BCUT2D eigenvalue weighted by Gasteiger charge is -2.11. The van der Waals surface area contributed by atoms with E-state index in [-0.39, 0.29) is 6.61 Å². The molecule has 6 nitrogen and oxygen atoms in total. The van der Waals surface area contributed by atoms with Crippen molar-refractivity contribution >= 4 is 11.6 Å². The smallest absolute Gasteiger partial charge is 0.136 e. The molecule has 0 spiro atoms. The van der Waals surface area contributed by atoms with E-state index in [9.17, 15) is 0 Å². The number of anilines is 2. The predicted octanol–water partition coefficient (Wildman–Crippen LogP) is 1.99. The summed E-state index contributed by atoms with van der Waals surface area (Å²) in [5.41, 5.74) is 0. The van der Waals surface area contributed by atoms with Crippen molar-refractivity contribution in [3.05, 3.63) is 11.9 Å². The normalized spacial score (nSPS) is 14.2. The van der Waals surface area contributed by atoms with Gasteiger partial charge in [-0.05, 0) is 25.7 Å². The summed E-state index contributed by atoms with van der Waals surface area (Å²) < 4.78 is 5.23. The first kappa shape index (κ1) is 16.0. The Bertz CT molecular complexity index is 424. The monoisotopic (exact) mass is 294 g/mol. The zero-order chi connectivity index (χ0) is 14.9. The van der Waals surface area contributed by atoms with Gasteiger partial charge in [0, 0.05) is 31.7 Å². The lowest BCUT2D eigenvalue weighted by atomic mass is 10.3. The summed E-state index contributed by atoms with van der Waals surface area (Å²) in [6, 6.07) is 1.97. The van der Waals surface area contributed by atoms with Gasteiger partial charge in [0.25, 0.3) is 0 Å². The topological polar surface area (TPSA) is 79.3 Å². The SMILES string of the molecule is CCCNc1cc(NCCCOCCO)nc(C2CC2)n1. The first-order valence-corrected chi connectivity index (χ1v) is 7.88. The van der Waals surface area contributed by atoms with Crippen LogP contribution in [0.4, 0.5) is 11.6 Å². The molecule has 1 aliphatic rings. The van der Waals surface area contributed by atoms with Gasteiger partial charge in [-0.1, -0.05) is 6.92 Å². The van der Waals surface area contributed by atoms with Gasteiger partial charge in [-0.2, -0.15) is 0 Å². The zero-order valence-corrected chi connectivity index (χ0v) is 12.8. The molecular formula is C15H26N4O2. The Kier molecular flexibility index (Phi) is 6.69. The van der Waals surface area contributed by atoms with E-state index in [1.165, 1.54) is 12.8 Å². The summed E-state index contributed by atoms with van der Waals surface area (Å²) in [6.07, 6.45) is 4.37. The molecule has 1 aromatic rings. The number of hydrogen-bond donors (Lipinski definition) is 3. The van der Waals surface area contributed by atoms with Crippen molar-refractivity contribution in [2.24, 2.45) is 0 Å². The van der Waals surface area contributed by atoms with Crippen LogP contribution in [0, 0.1) is 0 Å². The number of aliphatic hydroxyl groups excluding tert-OH is 1. The number of nitrogens with one attached hydrogen (secondary N) is 2. The Morgan fingerprint density at radius 3 is 2.52 bits per heavy atom. The third-order valence-electron chi connectivity index (χ3n) is 3.25. The summed E-state index contributed by atoms with van der Waals surface area (Å²) in [5.74, 6) is 3.29. The molecule has 3 N–H and O–H groups in total. The van der Waals surface area contributed by atoms with Gasteiger partial charge in [0.1, 0.15) is 17.5 Å². The Morgan fingerprint density at radius 2 is 1.90 bits per heavy atom. The molecule has 1 heterocycles. The van der Waals surface area contributed by atoms with E-state index >= 15 is 0 Å². The van der Waals surface area contributed by atoms with Gasteiger partial charge in [0.15, 0.2) is 0 Å². The Labute approximate surface area is 126 Å². The zero-order valence-electron chi connectivity index (χ0n) is 12.8. The fourth-order valence-electron chi connectivity index (χ4n) is 1.98. The molecule has 0 bridgehead atoms. The van der Waals surface area contributed by atoms with E-state index in [4.69, 9.17) is 9.84 Å². The van der Waals surface area contributed by atoms with Crippen molar-refractivity contribution in [1.29, 1.82) is 0 Å². The van der Waals surface area contributed by atoms with Crippen LogP contribution in [0.15, 0.2) is 6.07 Å². The van der Waals surface area contributed by atoms with E-state index in [2.05, 4.69) is 27.5 Å². The van der Waals surface area contributed by atoms with Crippen molar-refractivity contribution in [2.45, 2.75) is 38.5 Å². The van der Waals surface area contributed by atoms with Crippen LogP contribution in [0.2, 0.25) is 0 Å². The van der Waals surface area contributed by atoms with Crippen LogP contribution in [0.5, 0.6) is 0 Å². The maximum absolute atomic E-state index is 8.63. The highest BCUT2D eigenvalue weighted by atomic mass is 16.5. The molecule has 6 heteroatoms. The minimum Gasteiger partial charge on any atom is -0.394 e. The van der Waals surface area contributed by atoms with Gasteiger partial charge in [0.2, 0.25) is 0 Å². The highest BCUT2D eigenvalue weighted by Gasteiger charge is 2.27. The number of ether oxygens (including phenoxy) is 1. The molecule has 0 aromatic carbocycles. The lowest BCUT2D eigenvalue weighted by Crippen LogP contribution is -2.11. The fourth-order valence-corrected chi connectivity index (χ4v) is 1.98. The van der Waals surface area contributed by atoms with E-state index in [0.29, 0.717) is 19.1 Å². The molecule has 0 saturated heterocycles. The molecule has 1 fully saturated rings. The largest absolute Gasteiger partial charge is 0.394 e. The molecule has 0 unspecified atom stereocenters. The quantitative estimate of drug-likeness (QED) is 0.542. The van der Waals surface area contributed by atoms with E-state index < -0.39 is 0 Å². The number of aliphatic hydroxyl groups is 1. The first-order valence-electron chi connectivity index (χ1n) is 7.88. The second kappa shape index (κ2) is 8.79. The summed E-state index contributed by atoms with van der Waals surface area (Å²) in [5, 5.41) is 15.3. The van der Waals surface area contributed by atoms with Crippen LogP contribution < -0.4 is 10.6 Å². The van der Waals surface area contributed by atoms with Crippen LogP contribution in [-0.2, 0) is 4.74 Å². The molecule has 118 valence electrons. The van der Waals surface area contributed by atoms with Gasteiger partial charge in [-0.15, -0.1) is 0 Å². The molecule has 2 rings (SSSR count). The molecule has 0 atom stereocenters. The summed E-state index contributed by atoms with van der Waals surface area (Å²) in [4.78, 5) is 9.18. The van der Waals surface area contributed by atoms with Crippen molar-refractivity contribution in [3.8, 4) is 0 Å². The average Bonchev–Trinajstić information content (AvgIpc) is 3.33. The number of aromatic nitrogens is 2. The van der Waals surface area contributed by atoms with E-state index in [1.54, 1.807) is 0 Å². The molecule has 0 aliphatic heterocycles. The van der Waals surface area contributed by atoms with Crippen molar-refractivity contribution in [2.75, 3.05) is 43.5 Å². The predicted molar refractivity (Wildman–Crippen MR) is 83.8 cm³/mol. The molecule has 0 radical (unpaired) electrons. The second-order valence-corrected chi connectivity index (χ2v) is 5.31. The highest BCUT2D eigenvalue weighted by Crippen LogP contribution is 2.38. The minimum atomic E-state index is 0.0799. The van der Waals surface area contributed by atoms with Crippen molar-refractivity contribution in [1.82, 2.24) is 9.97 Å². The molecular weight excluding hydrogens is 268 g/mol. The van der Waals surface area contributed by atoms with Crippen molar-refractivity contribution < 1.29 is 9.84 Å². The van der Waals surface area contributed by atoms with Crippen molar-refractivity contribution in [3.63, 3.8) is 0 Å². The van der Waals surface area contributed by atoms with E-state index in [1.807, 2.05) is 6.07 Å². The van der Waals surface area contributed by atoms with Gasteiger partial charge in [-0.25, -0.2) is 9.97 Å². The van der Waals surface area contributed by atoms with Gasteiger partial charge in [0.05, 0.1) is 13.2 Å². The van der Waals surface area contributed by atoms with Crippen LogP contribution in [0.3, 0.4) is 0 Å². The summed E-state index contributed by atoms with van der Waals surface area (Å²) >= 11 is 0. The van der Waals surface area contributed by atoms with E-state index in [0.717, 1.165) is 43.4 Å². The standard InChI is InChI=1S/C15H26N4O2/c1-2-6-16-13-11-14(17-7-3-9-21-10-8-20)19-15(18-13)12-4-5-12/h11-12,20H,2-10H2,1H3,(H2,16,17,18,19). The summed E-state index contributed by atoms with van der Waals surface area (Å²) in [7, 11) is 0. The third-order valence-corrected chi connectivity index (χ3v) is 3.25. The van der Waals surface area contributed by atoms with Crippen LogP contribution in [0.1, 0.15) is 44.3 Å². The lowest BCUT2D eigenvalue weighted by molar-refractivity contribution is 0.0922. The van der Waals surface area contributed by atoms with Gasteiger partial charge in [-0.3, -0.25) is 0 Å². The Hall–Kier alpha value is -1.40. The fraction of sp³-hybridized carbons (Fsp3) is 0.733. The van der Waals surface area contributed by atoms with Crippen LogP contribution in [0.25, 0.3) is 0 Å². The van der Waals surface area contributed by atoms with Gasteiger partial charge < -0.3 is 20.5 Å². The Morgan fingerprint density at radius 1 is 1.19 bits per heavy atom. The Balaban J connectivity index is 1.83. The third kappa shape index (κ3) is 5.85.